The smallest absolute Gasteiger partial charge is 0.127 e. The fraction of sp³-hybridized carbons (Fsp3) is 0.294. The third kappa shape index (κ3) is 4.56. The van der Waals surface area contributed by atoms with E-state index in [9.17, 15) is 10.2 Å². The minimum absolute atomic E-state index is 0.500. The molecule has 21 heavy (non-hydrogen) atoms. The van der Waals surface area contributed by atoms with Crippen molar-refractivity contribution in [1.29, 1.82) is 0 Å². The SMILES string of the molecule is CNCCC(O)C(O)c1ccc(Oc2ccccc2)cc1. The molecule has 0 spiro atoms. The number of aliphatic hydroxyl groups excluding tert-OH is 2. The number of benzene rings is 2. The van der Waals surface area contributed by atoms with Crippen LogP contribution >= 0.6 is 0 Å². The first-order valence-corrected chi connectivity index (χ1v) is 7.04. The van der Waals surface area contributed by atoms with Gasteiger partial charge in [-0.3, -0.25) is 0 Å². The van der Waals surface area contributed by atoms with Gasteiger partial charge in [0.05, 0.1) is 6.10 Å². The van der Waals surface area contributed by atoms with Gasteiger partial charge < -0.3 is 20.3 Å². The van der Waals surface area contributed by atoms with Gasteiger partial charge in [-0.15, -0.1) is 0 Å². The molecule has 0 aliphatic rings. The Kier molecular flexibility index (Phi) is 5.75. The normalized spacial score (nSPS) is 13.7. The maximum Gasteiger partial charge on any atom is 0.127 e. The number of aliphatic hydroxyl groups is 2. The molecule has 2 aromatic rings. The van der Waals surface area contributed by atoms with Gasteiger partial charge in [0.25, 0.3) is 0 Å². The standard InChI is InChI=1S/C17H21NO3/c1-18-12-11-16(19)17(20)13-7-9-15(10-8-13)21-14-5-3-2-4-6-14/h2-10,16-20H,11-12H2,1H3. The highest BCUT2D eigenvalue weighted by molar-refractivity contribution is 5.33. The lowest BCUT2D eigenvalue weighted by molar-refractivity contribution is 0.0140. The predicted molar refractivity (Wildman–Crippen MR) is 82.5 cm³/mol. The highest BCUT2D eigenvalue weighted by atomic mass is 16.5. The van der Waals surface area contributed by atoms with E-state index in [1.807, 2.05) is 37.4 Å². The lowest BCUT2D eigenvalue weighted by Gasteiger charge is -2.18. The molecular weight excluding hydrogens is 266 g/mol. The Morgan fingerprint density at radius 3 is 2.19 bits per heavy atom. The third-order valence-corrected chi connectivity index (χ3v) is 3.26. The summed E-state index contributed by atoms with van der Waals surface area (Å²) in [4.78, 5) is 0. The van der Waals surface area contributed by atoms with Gasteiger partial charge in [-0.1, -0.05) is 30.3 Å². The molecular formula is C17H21NO3. The molecule has 4 nitrogen and oxygen atoms in total. The number of nitrogens with one attached hydrogen (secondary N) is 1. The first-order valence-electron chi connectivity index (χ1n) is 7.04. The fourth-order valence-corrected chi connectivity index (χ4v) is 2.03. The highest BCUT2D eigenvalue weighted by Gasteiger charge is 2.17. The maximum atomic E-state index is 10.1. The van der Waals surface area contributed by atoms with E-state index in [1.54, 1.807) is 24.3 Å². The number of hydrogen-bond donors (Lipinski definition) is 3. The Balaban J connectivity index is 1.98. The second-order valence-corrected chi connectivity index (χ2v) is 4.89. The van der Waals surface area contributed by atoms with Gasteiger partial charge in [0.15, 0.2) is 0 Å². The molecule has 0 fully saturated rings. The molecule has 0 aliphatic heterocycles. The van der Waals surface area contributed by atoms with E-state index in [0.29, 0.717) is 24.3 Å². The zero-order valence-electron chi connectivity index (χ0n) is 12.1. The molecule has 112 valence electrons. The van der Waals surface area contributed by atoms with E-state index in [1.165, 1.54) is 0 Å². The second kappa shape index (κ2) is 7.78. The molecule has 2 rings (SSSR count). The Morgan fingerprint density at radius 1 is 0.952 bits per heavy atom. The lowest BCUT2D eigenvalue weighted by Crippen LogP contribution is -2.23. The molecule has 0 radical (unpaired) electrons. The van der Waals surface area contributed by atoms with Gasteiger partial charge in [-0.05, 0) is 49.8 Å². The molecule has 0 amide bonds. The summed E-state index contributed by atoms with van der Waals surface area (Å²) in [7, 11) is 1.81. The molecule has 3 N–H and O–H groups in total. The van der Waals surface area contributed by atoms with Crippen LogP contribution in [-0.2, 0) is 0 Å². The molecule has 0 heterocycles. The molecule has 0 saturated carbocycles. The van der Waals surface area contributed by atoms with Gasteiger partial charge in [0.2, 0.25) is 0 Å². The van der Waals surface area contributed by atoms with Gasteiger partial charge in [0, 0.05) is 0 Å². The second-order valence-electron chi connectivity index (χ2n) is 4.89. The van der Waals surface area contributed by atoms with E-state index in [4.69, 9.17) is 4.74 Å². The van der Waals surface area contributed by atoms with Crippen molar-refractivity contribution in [2.45, 2.75) is 18.6 Å². The van der Waals surface area contributed by atoms with E-state index >= 15 is 0 Å². The van der Waals surface area contributed by atoms with Crippen LogP contribution in [0.3, 0.4) is 0 Å². The first kappa shape index (κ1) is 15.5. The van der Waals surface area contributed by atoms with Crippen LogP contribution in [0.4, 0.5) is 0 Å². The quantitative estimate of drug-likeness (QED) is 0.732. The highest BCUT2D eigenvalue weighted by Crippen LogP contribution is 2.25. The summed E-state index contributed by atoms with van der Waals surface area (Å²) in [6.45, 7) is 0.660. The zero-order chi connectivity index (χ0) is 15.1. The Labute approximate surface area is 125 Å². The van der Waals surface area contributed by atoms with E-state index in [-0.39, 0.29) is 0 Å². The van der Waals surface area contributed by atoms with Gasteiger partial charge in [0.1, 0.15) is 17.6 Å². The molecule has 0 aliphatic carbocycles. The minimum atomic E-state index is -0.885. The molecule has 0 bridgehead atoms. The summed E-state index contributed by atoms with van der Waals surface area (Å²) in [5.74, 6) is 1.46. The Hall–Kier alpha value is -1.88. The lowest BCUT2D eigenvalue weighted by atomic mass is 10.0. The number of para-hydroxylation sites is 1. The Bertz CT molecular complexity index is 527. The third-order valence-electron chi connectivity index (χ3n) is 3.26. The first-order chi connectivity index (χ1) is 10.2. The van der Waals surface area contributed by atoms with Crippen LogP contribution in [-0.4, -0.2) is 29.9 Å². The van der Waals surface area contributed by atoms with Crippen LogP contribution < -0.4 is 10.1 Å². The summed E-state index contributed by atoms with van der Waals surface area (Å²) >= 11 is 0. The summed E-state index contributed by atoms with van der Waals surface area (Å²) in [6.07, 6.45) is -1.16. The van der Waals surface area contributed by atoms with Gasteiger partial charge in [-0.2, -0.15) is 0 Å². The maximum absolute atomic E-state index is 10.1. The molecule has 2 atom stereocenters. The van der Waals surface area contributed by atoms with Crippen LogP contribution in [0, 0.1) is 0 Å². The van der Waals surface area contributed by atoms with Crippen molar-refractivity contribution in [3.8, 4) is 11.5 Å². The van der Waals surface area contributed by atoms with Crippen molar-refractivity contribution in [2.24, 2.45) is 0 Å². The monoisotopic (exact) mass is 287 g/mol. The molecule has 0 saturated heterocycles. The van der Waals surface area contributed by atoms with E-state index in [0.717, 1.165) is 5.75 Å². The van der Waals surface area contributed by atoms with Crippen molar-refractivity contribution in [2.75, 3.05) is 13.6 Å². The fourth-order valence-electron chi connectivity index (χ4n) is 2.03. The number of rotatable bonds is 7. The van der Waals surface area contributed by atoms with Crippen LogP contribution in [0.5, 0.6) is 11.5 Å². The number of ether oxygens (including phenoxy) is 1. The molecule has 2 unspecified atom stereocenters. The minimum Gasteiger partial charge on any atom is -0.457 e. The van der Waals surface area contributed by atoms with Gasteiger partial charge in [-0.25, -0.2) is 0 Å². The van der Waals surface area contributed by atoms with Crippen molar-refractivity contribution in [1.82, 2.24) is 5.32 Å². The summed E-state index contributed by atoms with van der Waals surface area (Å²) in [6, 6.07) is 16.6. The van der Waals surface area contributed by atoms with E-state index < -0.39 is 12.2 Å². The van der Waals surface area contributed by atoms with Crippen LogP contribution in [0.25, 0.3) is 0 Å². The predicted octanol–water partition coefficient (Wildman–Crippen LogP) is 2.48. The van der Waals surface area contributed by atoms with Crippen molar-refractivity contribution in [3.63, 3.8) is 0 Å². The largest absolute Gasteiger partial charge is 0.457 e. The van der Waals surface area contributed by atoms with Crippen molar-refractivity contribution >= 4 is 0 Å². The average Bonchev–Trinajstić information content (AvgIpc) is 2.53. The molecule has 0 aromatic heterocycles. The van der Waals surface area contributed by atoms with Gasteiger partial charge >= 0.3 is 0 Å². The van der Waals surface area contributed by atoms with Crippen LogP contribution in [0.2, 0.25) is 0 Å². The zero-order valence-corrected chi connectivity index (χ0v) is 12.1. The topological polar surface area (TPSA) is 61.7 Å². The van der Waals surface area contributed by atoms with Crippen molar-refractivity contribution < 1.29 is 14.9 Å². The van der Waals surface area contributed by atoms with Crippen LogP contribution in [0.15, 0.2) is 54.6 Å². The molecule has 4 heteroatoms. The average molecular weight is 287 g/mol. The Morgan fingerprint density at radius 2 is 1.57 bits per heavy atom. The van der Waals surface area contributed by atoms with Crippen molar-refractivity contribution in [3.05, 3.63) is 60.2 Å². The summed E-state index contributed by atoms with van der Waals surface area (Å²) in [5.41, 5.74) is 0.680. The van der Waals surface area contributed by atoms with E-state index in [2.05, 4.69) is 5.32 Å². The van der Waals surface area contributed by atoms with Crippen LogP contribution in [0.1, 0.15) is 18.1 Å². The number of hydrogen-bond acceptors (Lipinski definition) is 4. The molecule has 2 aromatic carbocycles. The summed E-state index contributed by atoms with van der Waals surface area (Å²) in [5, 5.41) is 22.9. The summed E-state index contributed by atoms with van der Waals surface area (Å²) < 4.78 is 5.68.